The van der Waals surface area contributed by atoms with Crippen molar-refractivity contribution in [1.82, 2.24) is 10.2 Å². The molecular weight excluding hydrogens is 300 g/mol. The first kappa shape index (κ1) is 15.1. The van der Waals surface area contributed by atoms with Crippen molar-refractivity contribution in [2.75, 3.05) is 40.4 Å². The zero-order chi connectivity index (χ0) is 12.7. The molecule has 0 saturated heterocycles. The molecule has 98 valence electrons. The number of nitrogens with one attached hydrogen (secondary N) is 1. The summed E-state index contributed by atoms with van der Waals surface area (Å²) in [6, 6.07) is 2.55. The lowest BCUT2D eigenvalue weighted by Crippen LogP contribution is -2.24. The maximum Gasteiger partial charge on any atom is 0.0593 e. The van der Waals surface area contributed by atoms with Crippen LogP contribution in [0, 0.1) is 0 Å². The van der Waals surface area contributed by atoms with Crippen LogP contribution in [0.2, 0.25) is 0 Å². The van der Waals surface area contributed by atoms with Gasteiger partial charge in [0.25, 0.3) is 0 Å². The first-order valence-corrected chi connectivity index (χ1v) is 7.46. The summed E-state index contributed by atoms with van der Waals surface area (Å²) in [5.74, 6) is 0. The van der Waals surface area contributed by atoms with Crippen molar-refractivity contribution < 1.29 is 4.74 Å². The molecule has 1 rings (SSSR count). The number of hydrogen-bond donors (Lipinski definition) is 1. The molecule has 1 aromatic rings. The molecule has 1 aromatic heterocycles. The maximum atomic E-state index is 5.53. The van der Waals surface area contributed by atoms with E-state index in [1.165, 1.54) is 4.88 Å². The predicted molar refractivity (Wildman–Crippen MR) is 77.8 cm³/mol. The van der Waals surface area contributed by atoms with Crippen LogP contribution in [-0.2, 0) is 4.74 Å². The summed E-state index contributed by atoms with van der Waals surface area (Å²) < 4.78 is 6.69. The summed E-state index contributed by atoms with van der Waals surface area (Å²) in [6.45, 7) is 5.62. The summed E-state index contributed by atoms with van der Waals surface area (Å²) >= 11 is 5.24. The normalized spacial score (nSPS) is 13.2. The monoisotopic (exact) mass is 320 g/mol. The zero-order valence-electron chi connectivity index (χ0n) is 10.7. The van der Waals surface area contributed by atoms with Gasteiger partial charge in [-0.2, -0.15) is 0 Å². The smallest absolute Gasteiger partial charge is 0.0593 e. The Bertz CT molecular complexity index is 317. The number of nitrogens with zero attached hydrogens (tertiary/aromatic N) is 1. The molecule has 0 saturated carbocycles. The Balaban J connectivity index is 2.06. The summed E-state index contributed by atoms with van der Waals surface area (Å²) in [5.41, 5.74) is 0. The molecule has 0 spiro atoms. The van der Waals surface area contributed by atoms with Crippen LogP contribution in [0.3, 0.4) is 0 Å². The number of hydrogen-bond acceptors (Lipinski definition) is 4. The predicted octanol–water partition coefficient (Wildman–Crippen LogP) is 2.74. The summed E-state index contributed by atoms with van der Waals surface area (Å²) in [6.07, 6.45) is 0. The number of rotatable bonds is 8. The molecule has 1 atom stereocenters. The molecule has 0 aromatic carbocycles. The molecule has 5 heteroatoms. The molecular formula is C12H21BrN2OS. The Morgan fingerprint density at radius 2 is 2.24 bits per heavy atom. The Morgan fingerprint density at radius 3 is 2.82 bits per heavy atom. The van der Waals surface area contributed by atoms with Crippen molar-refractivity contribution in [2.24, 2.45) is 0 Å². The second-order valence-electron chi connectivity index (χ2n) is 4.26. The third-order valence-electron chi connectivity index (χ3n) is 2.39. The Labute approximate surface area is 116 Å². The van der Waals surface area contributed by atoms with Crippen LogP contribution in [0.5, 0.6) is 0 Å². The molecule has 1 unspecified atom stereocenters. The van der Waals surface area contributed by atoms with Crippen LogP contribution in [0.25, 0.3) is 0 Å². The fourth-order valence-electron chi connectivity index (χ4n) is 1.35. The van der Waals surface area contributed by atoms with E-state index in [0.29, 0.717) is 6.04 Å². The van der Waals surface area contributed by atoms with Crippen LogP contribution < -0.4 is 5.32 Å². The van der Waals surface area contributed by atoms with Gasteiger partial charge in [-0.25, -0.2) is 0 Å². The van der Waals surface area contributed by atoms with Crippen molar-refractivity contribution in [3.63, 3.8) is 0 Å². The molecule has 0 fully saturated rings. The lowest BCUT2D eigenvalue weighted by Gasteiger charge is -2.13. The average molecular weight is 321 g/mol. The van der Waals surface area contributed by atoms with Crippen LogP contribution >= 0.6 is 27.3 Å². The van der Waals surface area contributed by atoms with E-state index in [1.54, 1.807) is 11.3 Å². The largest absolute Gasteiger partial charge is 0.379 e. The molecule has 0 aliphatic carbocycles. The van der Waals surface area contributed by atoms with Crippen molar-refractivity contribution >= 4 is 27.3 Å². The van der Waals surface area contributed by atoms with E-state index in [0.717, 1.165) is 30.8 Å². The van der Waals surface area contributed by atoms with Gasteiger partial charge in [0.2, 0.25) is 0 Å². The number of halogens is 1. The first-order valence-electron chi connectivity index (χ1n) is 5.79. The van der Waals surface area contributed by atoms with E-state index in [2.05, 4.69) is 58.6 Å². The highest BCUT2D eigenvalue weighted by Crippen LogP contribution is 2.24. The number of ether oxygens (including phenoxy) is 1. The Hall–Kier alpha value is 0.0600. The van der Waals surface area contributed by atoms with E-state index in [9.17, 15) is 0 Å². The van der Waals surface area contributed by atoms with E-state index in [4.69, 9.17) is 4.74 Å². The first-order chi connectivity index (χ1) is 8.09. The van der Waals surface area contributed by atoms with Gasteiger partial charge in [0.1, 0.15) is 0 Å². The fraction of sp³-hybridized carbons (Fsp3) is 0.667. The van der Waals surface area contributed by atoms with E-state index in [1.807, 2.05) is 0 Å². The summed E-state index contributed by atoms with van der Waals surface area (Å²) in [4.78, 5) is 3.48. The van der Waals surface area contributed by atoms with Gasteiger partial charge < -0.3 is 15.0 Å². The Kier molecular flexibility index (Phi) is 7.30. The molecule has 17 heavy (non-hydrogen) atoms. The minimum atomic E-state index is 0.392. The molecule has 1 heterocycles. The number of likely N-dealkylation sites (N-methyl/N-ethyl adjacent to an activating group) is 1. The average Bonchev–Trinajstić information content (AvgIpc) is 2.69. The highest BCUT2D eigenvalue weighted by atomic mass is 79.9. The van der Waals surface area contributed by atoms with Crippen molar-refractivity contribution in [1.29, 1.82) is 0 Å². The lowest BCUT2D eigenvalue weighted by atomic mass is 10.3. The van der Waals surface area contributed by atoms with Crippen LogP contribution in [-0.4, -0.2) is 45.3 Å². The molecule has 0 amide bonds. The molecule has 0 bridgehead atoms. The quantitative estimate of drug-likeness (QED) is 0.745. The second-order valence-corrected chi connectivity index (χ2v) is 6.12. The van der Waals surface area contributed by atoms with Gasteiger partial charge in [0.15, 0.2) is 0 Å². The topological polar surface area (TPSA) is 24.5 Å². The van der Waals surface area contributed by atoms with Crippen LogP contribution in [0.1, 0.15) is 17.8 Å². The third-order valence-corrected chi connectivity index (χ3v) is 4.27. The molecule has 0 radical (unpaired) electrons. The van der Waals surface area contributed by atoms with Gasteiger partial charge in [0.05, 0.1) is 13.2 Å². The van der Waals surface area contributed by atoms with E-state index < -0.39 is 0 Å². The molecule has 0 aliphatic heterocycles. The minimum absolute atomic E-state index is 0.392. The van der Waals surface area contributed by atoms with Gasteiger partial charge in [-0.15, -0.1) is 11.3 Å². The van der Waals surface area contributed by atoms with Gasteiger partial charge in [0, 0.05) is 33.9 Å². The van der Waals surface area contributed by atoms with Crippen molar-refractivity contribution in [3.05, 3.63) is 20.8 Å². The van der Waals surface area contributed by atoms with Crippen LogP contribution in [0.4, 0.5) is 0 Å². The fourth-order valence-corrected chi connectivity index (χ4v) is 2.83. The van der Waals surface area contributed by atoms with Crippen LogP contribution in [0.15, 0.2) is 15.9 Å². The van der Waals surface area contributed by atoms with E-state index >= 15 is 0 Å². The second kappa shape index (κ2) is 8.21. The molecule has 0 aliphatic rings. The lowest BCUT2D eigenvalue weighted by molar-refractivity contribution is 0.118. The van der Waals surface area contributed by atoms with Gasteiger partial charge in [-0.05, 0) is 43.0 Å². The van der Waals surface area contributed by atoms with Gasteiger partial charge >= 0.3 is 0 Å². The summed E-state index contributed by atoms with van der Waals surface area (Å²) in [5, 5.41) is 5.56. The standard InChI is InChI=1S/C12H21BrN2OS/c1-10(12-8-11(13)9-17-12)14-4-6-16-7-5-15(2)3/h8-10,14H,4-7H2,1-3H3. The highest BCUT2D eigenvalue weighted by molar-refractivity contribution is 9.10. The highest BCUT2D eigenvalue weighted by Gasteiger charge is 2.06. The van der Waals surface area contributed by atoms with Crippen molar-refractivity contribution in [3.8, 4) is 0 Å². The third kappa shape index (κ3) is 6.52. The molecule has 1 N–H and O–H groups in total. The SMILES string of the molecule is CC(NCCOCCN(C)C)c1cc(Br)cs1. The maximum absolute atomic E-state index is 5.53. The minimum Gasteiger partial charge on any atom is -0.379 e. The van der Waals surface area contributed by atoms with Gasteiger partial charge in [-0.1, -0.05) is 0 Å². The summed E-state index contributed by atoms with van der Waals surface area (Å²) in [7, 11) is 4.11. The Morgan fingerprint density at radius 1 is 1.47 bits per heavy atom. The van der Waals surface area contributed by atoms with E-state index in [-0.39, 0.29) is 0 Å². The van der Waals surface area contributed by atoms with Crippen molar-refractivity contribution in [2.45, 2.75) is 13.0 Å². The zero-order valence-corrected chi connectivity index (χ0v) is 13.1. The molecule has 3 nitrogen and oxygen atoms in total. The van der Waals surface area contributed by atoms with Gasteiger partial charge in [-0.3, -0.25) is 0 Å². The number of thiophene rings is 1.